The van der Waals surface area contributed by atoms with Gasteiger partial charge in [0.2, 0.25) is 22.0 Å². The first-order chi connectivity index (χ1) is 10.5. The second-order valence-corrected chi connectivity index (χ2v) is 6.27. The van der Waals surface area contributed by atoms with E-state index in [2.05, 4.69) is 10.6 Å². The molecule has 0 saturated heterocycles. The molecule has 0 aromatic carbocycles. The van der Waals surface area contributed by atoms with Crippen molar-refractivity contribution in [2.24, 2.45) is 0 Å². The molecule has 2 amide bonds. The second-order valence-electron chi connectivity index (χ2n) is 4.08. The Balaban J connectivity index is 3.71. The van der Waals surface area contributed by atoms with Gasteiger partial charge in [-0.05, 0) is 12.2 Å². The first kappa shape index (κ1) is 20.7. The molecule has 2 N–H and O–H groups in total. The standard InChI is InChI=1S/C14H22N2O4S2/c1-3-11(17)15-7-9-21-13(19)5-6-14(20)22-10-8-16-12(18)4-2/h5-6H,3-4,7-10H2,1-2H3,(H,15,17)(H,16,18)/b6-5+. The molecule has 6 nitrogen and oxygen atoms in total. The Hall–Kier alpha value is -1.28. The Bertz CT molecular complexity index is 387. The van der Waals surface area contributed by atoms with E-state index in [9.17, 15) is 19.2 Å². The van der Waals surface area contributed by atoms with Gasteiger partial charge < -0.3 is 10.6 Å². The highest BCUT2D eigenvalue weighted by atomic mass is 32.2. The van der Waals surface area contributed by atoms with Gasteiger partial charge in [-0.3, -0.25) is 19.2 Å². The van der Waals surface area contributed by atoms with Crippen molar-refractivity contribution in [2.75, 3.05) is 24.6 Å². The molecule has 0 radical (unpaired) electrons. The summed E-state index contributed by atoms with van der Waals surface area (Å²) in [5, 5.41) is 4.87. The number of nitrogens with one attached hydrogen (secondary N) is 2. The fourth-order valence-corrected chi connectivity index (χ4v) is 2.31. The first-order valence-corrected chi connectivity index (χ1v) is 9.01. The predicted molar refractivity (Wildman–Crippen MR) is 90.7 cm³/mol. The SMILES string of the molecule is CCC(=O)NCCSC(=O)/C=C/C(=O)SCCNC(=O)CC. The van der Waals surface area contributed by atoms with Crippen LogP contribution in [0.3, 0.4) is 0 Å². The topological polar surface area (TPSA) is 92.3 Å². The summed E-state index contributed by atoms with van der Waals surface area (Å²) in [6, 6.07) is 0. The van der Waals surface area contributed by atoms with Gasteiger partial charge in [0.15, 0.2) is 0 Å². The summed E-state index contributed by atoms with van der Waals surface area (Å²) >= 11 is 2.09. The van der Waals surface area contributed by atoms with Crippen LogP contribution in [0.15, 0.2) is 12.2 Å². The molecule has 0 saturated carbocycles. The summed E-state index contributed by atoms with van der Waals surface area (Å²) in [6.07, 6.45) is 3.30. The zero-order chi connectivity index (χ0) is 16.8. The van der Waals surface area contributed by atoms with Gasteiger partial charge in [-0.25, -0.2) is 0 Å². The van der Waals surface area contributed by atoms with Gasteiger partial charge in [-0.1, -0.05) is 37.4 Å². The van der Waals surface area contributed by atoms with Crippen LogP contribution in [0.25, 0.3) is 0 Å². The average molecular weight is 346 g/mol. The van der Waals surface area contributed by atoms with Crippen LogP contribution in [0.5, 0.6) is 0 Å². The third-order valence-corrected chi connectivity index (χ3v) is 3.99. The minimum Gasteiger partial charge on any atom is -0.355 e. The van der Waals surface area contributed by atoms with Crippen molar-refractivity contribution < 1.29 is 19.2 Å². The van der Waals surface area contributed by atoms with Crippen LogP contribution in [0.1, 0.15) is 26.7 Å². The highest BCUT2D eigenvalue weighted by Gasteiger charge is 2.03. The Morgan fingerprint density at radius 2 is 1.14 bits per heavy atom. The summed E-state index contributed by atoms with van der Waals surface area (Å²) in [5.41, 5.74) is 0. The maximum Gasteiger partial charge on any atom is 0.219 e. The van der Waals surface area contributed by atoms with Crippen LogP contribution in [-0.2, 0) is 19.2 Å². The van der Waals surface area contributed by atoms with E-state index in [1.165, 1.54) is 12.2 Å². The molecule has 0 rings (SSSR count). The van der Waals surface area contributed by atoms with E-state index in [-0.39, 0.29) is 22.0 Å². The van der Waals surface area contributed by atoms with Gasteiger partial charge in [0.1, 0.15) is 0 Å². The quantitative estimate of drug-likeness (QED) is 0.455. The molecule has 0 unspecified atom stereocenters. The molecular weight excluding hydrogens is 324 g/mol. The number of carbonyl (C=O) groups excluding carboxylic acids is 4. The summed E-state index contributed by atoms with van der Waals surface area (Å²) in [4.78, 5) is 44.9. The zero-order valence-electron chi connectivity index (χ0n) is 12.8. The highest BCUT2D eigenvalue weighted by molar-refractivity contribution is 8.14. The van der Waals surface area contributed by atoms with Gasteiger partial charge in [0, 0.05) is 37.4 Å². The first-order valence-electron chi connectivity index (χ1n) is 7.04. The van der Waals surface area contributed by atoms with Gasteiger partial charge in [-0.15, -0.1) is 0 Å². The molecule has 22 heavy (non-hydrogen) atoms. The fourth-order valence-electron chi connectivity index (χ4n) is 1.17. The lowest BCUT2D eigenvalue weighted by molar-refractivity contribution is -0.121. The molecule has 0 heterocycles. The lowest BCUT2D eigenvalue weighted by Crippen LogP contribution is -2.24. The molecule has 0 fully saturated rings. The van der Waals surface area contributed by atoms with E-state index in [4.69, 9.17) is 0 Å². The molecule has 0 atom stereocenters. The van der Waals surface area contributed by atoms with Gasteiger partial charge in [0.25, 0.3) is 0 Å². The number of hydrogen-bond acceptors (Lipinski definition) is 6. The fraction of sp³-hybridized carbons (Fsp3) is 0.571. The van der Waals surface area contributed by atoms with Crippen molar-refractivity contribution in [3.63, 3.8) is 0 Å². The summed E-state index contributed by atoms with van der Waals surface area (Å²) < 4.78 is 0. The smallest absolute Gasteiger partial charge is 0.219 e. The molecular formula is C14H22N2O4S2. The van der Waals surface area contributed by atoms with Crippen LogP contribution in [0.2, 0.25) is 0 Å². The summed E-state index contributed by atoms with van der Waals surface area (Å²) in [6.45, 7) is 4.37. The van der Waals surface area contributed by atoms with Crippen molar-refractivity contribution in [2.45, 2.75) is 26.7 Å². The number of rotatable bonds is 10. The molecule has 0 aromatic heterocycles. The molecule has 0 aliphatic heterocycles. The summed E-state index contributed by atoms with van der Waals surface area (Å²) in [5.74, 6) is 0.842. The van der Waals surface area contributed by atoms with E-state index in [1.54, 1.807) is 13.8 Å². The maximum absolute atomic E-state index is 11.5. The van der Waals surface area contributed by atoms with E-state index < -0.39 is 0 Å². The molecule has 0 bridgehead atoms. The molecule has 124 valence electrons. The van der Waals surface area contributed by atoms with Crippen LogP contribution in [0.4, 0.5) is 0 Å². The molecule has 0 aromatic rings. The van der Waals surface area contributed by atoms with Crippen molar-refractivity contribution in [3.05, 3.63) is 12.2 Å². The number of hydrogen-bond donors (Lipinski definition) is 2. The van der Waals surface area contributed by atoms with Crippen LogP contribution in [0, 0.1) is 0 Å². The van der Waals surface area contributed by atoms with Gasteiger partial charge in [-0.2, -0.15) is 0 Å². The Labute approximate surface area is 139 Å². The second kappa shape index (κ2) is 13.4. The number of carbonyl (C=O) groups is 4. The lowest BCUT2D eigenvalue weighted by Gasteiger charge is -2.01. The van der Waals surface area contributed by atoms with E-state index in [0.29, 0.717) is 37.4 Å². The monoisotopic (exact) mass is 346 g/mol. The third kappa shape index (κ3) is 12.5. The molecule has 0 spiro atoms. The van der Waals surface area contributed by atoms with Crippen molar-refractivity contribution in [1.29, 1.82) is 0 Å². The Morgan fingerprint density at radius 1 is 0.773 bits per heavy atom. The van der Waals surface area contributed by atoms with Gasteiger partial charge >= 0.3 is 0 Å². The van der Waals surface area contributed by atoms with Crippen molar-refractivity contribution >= 4 is 45.6 Å². The zero-order valence-corrected chi connectivity index (χ0v) is 14.5. The van der Waals surface area contributed by atoms with E-state index >= 15 is 0 Å². The summed E-state index contributed by atoms with van der Waals surface area (Å²) in [7, 11) is 0. The predicted octanol–water partition coefficient (Wildman–Crippen LogP) is 1.11. The molecule has 0 aliphatic rings. The van der Waals surface area contributed by atoms with Crippen LogP contribution >= 0.6 is 23.5 Å². The van der Waals surface area contributed by atoms with E-state index in [1.807, 2.05) is 0 Å². The Kier molecular flexibility index (Phi) is 12.6. The molecule has 8 heteroatoms. The van der Waals surface area contributed by atoms with Crippen molar-refractivity contribution in [1.82, 2.24) is 10.6 Å². The minimum atomic E-state index is -0.223. The normalized spacial score (nSPS) is 10.5. The van der Waals surface area contributed by atoms with Crippen molar-refractivity contribution in [3.8, 4) is 0 Å². The largest absolute Gasteiger partial charge is 0.355 e. The molecule has 0 aliphatic carbocycles. The van der Waals surface area contributed by atoms with Gasteiger partial charge in [0.05, 0.1) is 0 Å². The number of amides is 2. The maximum atomic E-state index is 11.5. The minimum absolute atomic E-state index is 0.0506. The van der Waals surface area contributed by atoms with Crippen LogP contribution in [-0.4, -0.2) is 46.6 Å². The Morgan fingerprint density at radius 3 is 1.45 bits per heavy atom. The average Bonchev–Trinajstić information content (AvgIpc) is 2.52. The third-order valence-electron chi connectivity index (χ3n) is 2.33. The van der Waals surface area contributed by atoms with Crippen LogP contribution < -0.4 is 10.6 Å². The lowest BCUT2D eigenvalue weighted by atomic mass is 10.4. The van der Waals surface area contributed by atoms with E-state index in [0.717, 1.165) is 23.5 Å². The number of thioether (sulfide) groups is 2. The highest BCUT2D eigenvalue weighted by Crippen LogP contribution is 2.05.